The van der Waals surface area contributed by atoms with Crippen LogP contribution in [0.1, 0.15) is 11.3 Å². The van der Waals surface area contributed by atoms with Crippen LogP contribution in [0.15, 0.2) is 76.2 Å². The van der Waals surface area contributed by atoms with E-state index in [1.165, 1.54) is 25.5 Å². The average molecular weight is 414 g/mol. The minimum Gasteiger partial charge on any atom is -0.497 e. The Morgan fingerprint density at radius 1 is 1.10 bits per heavy atom. The largest absolute Gasteiger partial charge is 0.497 e. The number of sulfonamides is 1. The molecule has 1 aromatic heterocycles. The highest BCUT2D eigenvalue weighted by atomic mass is 32.2. The minimum absolute atomic E-state index is 0.0632. The lowest BCUT2D eigenvalue weighted by molar-refractivity contribution is -0.116. The van der Waals surface area contributed by atoms with Crippen molar-refractivity contribution in [3.8, 4) is 5.75 Å². The number of ether oxygens (including phenoxy) is 1. The van der Waals surface area contributed by atoms with Gasteiger partial charge in [-0.1, -0.05) is 12.1 Å². The van der Waals surface area contributed by atoms with E-state index in [1.807, 2.05) is 25.1 Å². The van der Waals surface area contributed by atoms with Crippen LogP contribution in [0.5, 0.6) is 5.75 Å². The second-order valence-electron chi connectivity index (χ2n) is 6.45. The maximum Gasteiger partial charge on any atom is 0.243 e. The van der Waals surface area contributed by atoms with Crippen LogP contribution in [0.25, 0.3) is 0 Å². The Morgan fingerprint density at radius 2 is 1.86 bits per heavy atom. The number of furan rings is 1. The van der Waals surface area contributed by atoms with Crippen molar-refractivity contribution >= 4 is 21.6 Å². The molecule has 1 amide bonds. The highest BCUT2D eigenvalue weighted by Crippen LogP contribution is 2.21. The van der Waals surface area contributed by atoms with Crippen molar-refractivity contribution in [2.24, 2.45) is 0 Å². The number of nitrogens with zero attached hydrogens (tertiary/aromatic N) is 1. The fourth-order valence-electron chi connectivity index (χ4n) is 2.78. The standard InChI is InChI=1S/C21H22N2O5S/c1-16-5-3-6-17(13-16)22-21(24)15-23(14-19-7-4-12-28-19)29(25,26)20-10-8-18(27-2)9-11-20/h3-13H,14-15H2,1-2H3,(H,22,24). The highest BCUT2D eigenvalue weighted by molar-refractivity contribution is 7.89. The molecule has 0 spiro atoms. The lowest BCUT2D eigenvalue weighted by Crippen LogP contribution is -2.37. The molecular formula is C21H22N2O5S. The number of nitrogens with one attached hydrogen (secondary N) is 1. The number of carbonyl (C=O) groups is 1. The van der Waals surface area contributed by atoms with Gasteiger partial charge in [0.1, 0.15) is 11.5 Å². The van der Waals surface area contributed by atoms with E-state index in [-0.39, 0.29) is 18.0 Å². The molecule has 3 aromatic rings. The number of hydrogen-bond acceptors (Lipinski definition) is 5. The van der Waals surface area contributed by atoms with Crippen LogP contribution >= 0.6 is 0 Å². The van der Waals surface area contributed by atoms with Gasteiger partial charge in [0.15, 0.2) is 0 Å². The Labute approximate surface area is 170 Å². The van der Waals surface area contributed by atoms with E-state index in [0.717, 1.165) is 9.87 Å². The minimum atomic E-state index is -3.94. The summed E-state index contributed by atoms with van der Waals surface area (Å²) in [6.07, 6.45) is 1.46. The first-order valence-electron chi connectivity index (χ1n) is 8.91. The van der Waals surface area contributed by atoms with Gasteiger partial charge in [-0.15, -0.1) is 0 Å². The number of benzene rings is 2. The predicted molar refractivity (Wildman–Crippen MR) is 109 cm³/mol. The number of methoxy groups -OCH3 is 1. The Hall–Kier alpha value is -3.10. The maximum absolute atomic E-state index is 13.2. The molecule has 8 heteroatoms. The summed E-state index contributed by atoms with van der Waals surface area (Å²) in [5.74, 6) is 0.531. The second-order valence-corrected chi connectivity index (χ2v) is 8.38. The number of hydrogen-bond donors (Lipinski definition) is 1. The third-order valence-electron chi connectivity index (χ3n) is 4.23. The number of aryl methyl sites for hydroxylation is 1. The van der Waals surface area contributed by atoms with E-state index >= 15 is 0 Å². The molecule has 0 fully saturated rings. The van der Waals surface area contributed by atoms with Gasteiger partial charge in [-0.05, 0) is 61.0 Å². The normalized spacial score (nSPS) is 11.4. The van der Waals surface area contributed by atoms with Crippen LogP contribution in [0.3, 0.4) is 0 Å². The molecule has 0 aliphatic carbocycles. The van der Waals surface area contributed by atoms with E-state index in [2.05, 4.69) is 5.32 Å². The van der Waals surface area contributed by atoms with Gasteiger partial charge in [-0.2, -0.15) is 4.31 Å². The van der Waals surface area contributed by atoms with E-state index in [4.69, 9.17) is 9.15 Å². The maximum atomic E-state index is 13.2. The van der Waals surface area contributed by atoms with Crippen LogP contribution in [-0.4, -0.2) is 32.3 Å². The molecule has 3 rings (SSSR count). The molecule has 2 aromatic carbocycles. The molecule has 0 atom stereocenters. The summed E-state index contributed by atoms with van der Waals surface area (Å²) in [5, 5.41) is 2.74. The van der Waals surface area contributed by atoms with Gasteiger partial charge < -0.3 is 14.5 Å². The Morgan fingerprint density at radius 3 is 2.48 bits per heavy atom. The van der Waals surface area contributed by atoms with Crippen LogP contribution in [-0.2, 0) is 21.4 Å². The smallest absolute Gasteiger partial charge is 0.243 e. The molecule has 1 heterocycles. The summed E-state index contributed by atoms with van der Waals surface area (Å²) >= 11 is 0. The zero-order valence-corrected chi connectivity index (χ0v) is 17.0. The lowest BCUT2D eigenvalue weighted by atomic mass is 10.2. The van der Waals surface area contributed by atoms with Crippen LogP contribution in [0.2, 0.25) is 0 Å². The number of rotatable bonds is 8. The molecule has 0 aliphatic heterocycles. The number of anilines is 1. The van der Waals surface area contributed by atoms with Crippen LogP contribution in [0, 0.1) is 6.92 Å². The predicted octanol–water partition coefficient (Wildman–Crippen LogP) is 3.43. The molecule has 0 saturated carbocycles. The molecule has 0 saturated heterocycles. The molecule has 0 unspecified atom stereocenters. The van der Waals surface area contributed by atoms with Crippen molar-refractivity contribution in [2.45, 2.75) is 18.4 Å². The molecule has 152 valence electrons. The van der Waals surface area contributed by atoms with E-state index < -0.39 is 15.9 Å². The van der Waals surface area contributed by atoms with Gasteiger partial charge in [0.2, 0.25) is 15.9 Å². The lowest BCUT2D eigenvalue weighted by Gasteiger charge is -2.21. The summed E-state index contributed by atoms with van der Waals surface area (Å²) in [4.78, 5) is 12.6. The van der Waals surface area contributed by atoms with Crippen molar-refractivity contribution in [1.82, 2.24) is 4.31 Å². The first-order valence-corrected chi connectivity index (χ1v) is 10.4. The van der Waals surface area contributed by atoms with Crippen molar-refractivity contribution in [3.63, 3.8) is 0 Å². The van der Waals surface area contributed by atoms with Crippen molar-refractivity contribution < 1.29 is 22.4 Å². The summed E-state index contributed by atoms with van der Waals surface area (Å²) in [5.41, 5.74) is 1.59. The molecular weight excluding hydrogens is 392 g/mol. The fourth-order valence-corrected chi connectivity index (χ4v) is 4.15. The van der Waals surface area contributed by atoms with Crippen molar-refractivity contribution in [1.29, 1.82) is 0 Å². The fraction of sp³-hybridized carbons (Fsp3) is 0.190. The molecule has 0 aliphatic rings. The van der Waals surface area contributed by atoms with Gasteiger partial charge in [-0.3, -0.25) is 4.79 Å². The zero-order valence-electron chi connectivity index (χ0n) is 16.2. The molecule has 0 radical (unpaired) electrons. The summed E-state index contributed by atoms with van der Waals surface area (Å²) in [7, 11) is -2.44. The number of amides is 1. The summed E-state index contributed by atoms with van der Waals surface area (Å²) < 4.78 is 37.8. The van der Waals surface area contributed by atoms with E-state index in [9.17, 15) is 13.2 Å². The monoisotopic (exact) mass is 414 g/mol. The van der Waals surface area contributed by atoms with E-state index in [1.54, 1.807) is 30.3 Å². The zero-order chi connectivity index (χ0) is 20.9. The second kappa shape index (κ2) is 8.93. The quantitative estimate of drug-likeness (QED) is 0.610. The van der Waals surface area contributed by atoms with Gasteiger partial charge in [0.05, 0.1) is 31.4 Å². The molecule has 1 N–H and O–H groups in total. The molecule has 7 nitrogen and oxygen atoms in total. The highest BCUT2D eigenvalue weighted by Gasteiger charge is 2.28. The topological polar surface area (TPSA) is 88.9 Å². The first-order chi connectivity index (χ1) is 13.9. The van der Waals surface area contributed by atoms with Gasteiger partial charge in [0, 0.05) is 5.69 Å². The third kappa shape index (κ3) is 5.24. The summed E-state index contributed by atoms with van der Waals surface area (Å²) in [6.45, 7) is 1.48. The Bertz CT molecular complexity index is 1060. The SMILES string of the molecule is COc1ccc(S(=O)(=O)N(CC(=O)Nc2cccc(C)c2)Cc2ccco2)cc1. The Kier molecular flexibility index (Phi) is 6.36. The molecule has 29 heavy (non-hydrogen) atoms. The van der Waals surface area contributed by atoms with Crippen molar-refractivity contribution in [3.05, 3.63) is 78.3 Å². The van der Waals surface area contributed by atoms with Crippen molar-refractivity contribution in [2.75, 3.05) is 19.0 Å². The van der Waals surface area contributed by atoms with Gasteiger partial charge in [0.25, 0.3) is 0 Å². The van der Waals surface area contributed by atoms with E-state index in [0.29, 0.717) is 17.2 Å². The van der Waals surface area contributed by atoms with Crippen LogP contribution in [0.4, 0.5) is 5.69 Å². The Balaban J connectivity index is 1.84. The van der Waals surface area contributed by atoms with Gasteiger partial charge >= 0.3 is 0 Å². The number of carbonyl (C=O) groups excluding carboxylic acids is 1. The first kappa shape index (κ1) is 20.6. The van der Waals surface area contributed by atoms with Gasteiger partial charge in [-0.25, -0.2) is 8.42 Å². The summed E-state index contributed by atoms with van der Waals surface area (Å²) in [6, 6.07) is 16.6. The van der Waals surface area contributed by atoms with Crippen LogP contribution < -0.4 is 10.1 Å². The average Bonchev–Trinajstić information content (AvgIpc) is 3.20. The third-order valence-corrected chi connectivity index (χ3v) is 6.04. The molecule has 0 bridgehead atoms.